The maximum atomic E-state index is 13.0. The molecule has 1 N–H and O–H groups in total. The number of pyridine rings is 1. The summed E-state index contributed by atoms with van der Waals surface area (Å²) in [5, 5.41) is 3.07. The van der Waals surface area contributed by atoms with Gasteiger partial charge in [-0.25, -0.2) is 0 Å². The molecule has 1 aromatic heterocycles. The average molecular weight is 476 g/mol. The molecule has 0 atom stereocenters. The summed E-state index contributed by atoms with van der Waals surface area (Å²) in [5.41, 5.74) is -3.03. The Morgan fingerprint density at radius 3 is 2.03 bits per heavy atom. The third kappa shape index (κ3) is 5.11. The molecule has 0 spiro atoms. The average Bonchev–Trinajstić information content (AvgIpc) is 2.79. The van der Waals surface area contributed by atoms with Gasteiger partial charge in [-0.05, 0) is 60.7 Å². The molecule has 1 amide bonds. The van der Waals surface area contributed by atoms with Crippen LogP contribution in [0.4, 0.5) is 32.0 Å². The van der Waals surface area contributed by atoms with Crippen molar-refractivity contribution in [1.29, 1.82) is 0 Å². The lowest BCUT2D eigenvalue weighted by atomic mass is 10.0. The van der Waals surface area contributed by atoms with Crippen molar-refractivity contribution in [3.8, 4) is 11.5 Å². The smallest absolute Gasteiger partial charge is 0.416 e. The van der Waals surface area contributed by atoms with E-state index in [1.807, 2.05) is 24.3 Å². The molecule has 4 aromatic rings. The fourth-order valence-corrected chi connectivity index (χ4v) is 3.18. The second-order valence-electron chi connectivity index (χ2n) is 7.20. The SMILES string of the molecule is O=C(Nc1ccc(Oc2ccnc3ccccc23)cc1)c1cc(C(F)(F)F)cc(C(F)(F)F)c1. The number of ether oxygens (including phenoxy) is 1. The Kier molecular flexibility index (Phi) is 5.90. The third-order valence-electron chi connectivity index (χ3n) is 4.80. The molecule has 0 unspecified atom stereocenters. The number of carbonyl (C=O) groups excluding carboxylic acids is 1. The highest BCUT2D eigenvalue weighted by atomic mass is 19.4. The van der Waals surface area contributed by atoms with E-state index in [9.17, 15) is 31.1 Å². The molecule has 0 aliphatic heterocycles. The second-order valence-corrected chi connectivity index (χ2v) is 7.20. The monoisotopic (exact) mass is 476 g/mol. The first-order valence-electron chi connectivity index (χ1n) is 9.73. The molecule has 3 aromatic carbocycles. The zero-order valence-electron chi connectivity index (χ0n) is 17.0. The van der Waals surface area contributed by atoms with Crippen LogP contribution in [-0.4, -0.2) is 10.9 Å². The number of halogens is 6. The van der Waals surface area contributed by atoms with Gasteiger partial charge in [-0.2, -0.15) is 26.3 Å². The van der Waals surface area contributed by atoms with Crippen LogP contribution in [0.25, 0.3) is 10.9 Å². The summed E-state index contributed by atoms with van der Waals surface area (Å²) >= 11 is 0. The van der Waals surface area contributed by atoms with Gasteiger partial charge >= 0.3 is 12.4 Å². The minimum Gasteiger partial charge on any atom is -0.457 e. The maximum absolute atomic E-state index is 13.0. The first kappa shape index (κ1) is 23.1. The Labute approximate surface area is 188 Å². The van der Waals surface area contributed by atoms with Gasteiger partial charge in [0.1, 0.15) is 11.5 Å². The number of nitrogens with zero attached hydrogens (tertiary/aromatic N) is 1. The van der Waals surface area contributed by atoms with Crippen molar-refractivity contribution in [3.05, 3.63) is 95.7 Å². The number of para-hydroxylation sites is 1. The van der Waals surface area contributed by atoms with Gasteiger partial charge in [0.15, 0.2) is 0 Å². The number of hydrogen-bond acceptors (Lipinski definition) is 3. The van der Waals surface area contributed by atoms with Crippen molar-refractivity contribution < 1.29 is 35.9 Å². The van der Waals surface area contributed by atoms with Crippen LogP contribution in [-0.2, 0) is 12.4 Å². The van der Waals surface area contributed by atoms with Gasteiger partial charge in [-0.15, -0.1) is 0 Å². The van der Waals surface area contributed by atoms with E-state index in [0.29, 0.717) is 23.6 Å². The molecular weight excluding hydrogens is 462 g/mol. The third-order valence-corrected chi connectivity index (χ3v) is 4.80. The summed E-state index contributed by atoms with van der Waals surface area (Å²) in [5.74, 6) is -0.191. The van der Waals surface area contributed by atoms with Crippen molar-refractivity contribution in [3.63, 3.8) is 0 Å². The Morgan fingerprint density at radius 1 is 0.794 bits per heavy atom. The Balaban J connectivity index is 1.54. The fourth-order valence-electron chi connectivity index (χ4n) is 3.18. The van der Waals surface area contributed by atoms with Crippen LogP contribution < -0.4 is 10.1 Å². The van der Waals surface area contributed by atoms with E-state index in [0.717, 1.165) is 10.9 Å². The van der Waals surface area contributed by atoms with Crippen LogP contribution >= 0.6 is 0 Å². The van der Waals surface area contributed by atoms with Gasteiger partial charge in [0, 0.05) is 22.8 Å². The topological polar surface area (TPSA) is 51.2 Å². The van der Waals surface area contributed by atoms with E-state index in [-0.39, 0.29) is 11.8 Å². The van der Waals surface area contributed by atoms with E-state index in [1.165, 1.54) is 24.3 Å². The number of amides is 1. The largest absolute Gasteiger partial charge is 0.457 e. The predicted octanol–water partition coefficient (Wildman–Crippen LogP) is 7.32. The first-order chi connectivity index (χ1) is 16.0. The summed E-state index contributed by atoms with van der Waals surface area (Å²) < 4.78 is 84.0. The lowest BCUT2D eigenvalue weighted by molar-refractivity contribution is -0.143. The standard InChI is InChI=1S/C24H14F6N2O2/c25-23(26,27)15-11-14(12-16(13-15)24(28,29)30)22(33)32-17-5-7-18(8-6-17)34-21-9-10-31-20-4-2-1-3-19(20)21/h1-13H,(H,32,33). The highest BCUT2D eigenvalue weighted by Crippen LogP contribution is 2.36. The van der Waals surface area contributed by atoms with Crippen LogP contribution in [0.15, 0.2) is 79.0 Å². The Bertz CT molecular complexity index is 1310. The van der Waals surface area contributed by atoms with Crippen molar-refractivity contribution in [2.45, 2.75) is 12.4 Å². The lowest BCUT2D eigenvalue weighted by Crippen LogP contribution is -2.17. The minimum absolute atomic E-state index is 0.0360. The molecule has 34 heavy (non-hydrogen) atoms. The van der Waals surface area contributed by atoms with Gasteiger partial charge in [-0.3, -0.25) is 9.78 Å². The van der Waals surface area contributed by atoms with Crippen molar-refractivity contribution in [2.75, 3.05) is 5.32 Å². The number of benzene rings is 3. The summed E-state index contributed by atoms with van der Waals surface area (Å²) in [6, 6.07) is 15.5. The molecule has 0 aliphatic rings. The van der Waals surface area contributed by atoms with Gasteiger partial charge < -0.3 is 10.1 Å². The molecule has 4 nitrogen and oxygen atoms in total. The quantitative estimate of drug-likeness (QED) is 0.314. The number of nitrogens with one attached hydrogen (secondary N) is 1. The molecule has 0 fully saturated rings. The Hall–Kier alpha value is -4.08. The first-order valence-corrected chi connectivity index (χ1v) is 9.73. The molecule has 0 radical (unpaired) electrons. The number of hydrogen-bond donors (Lipinski definition) is 1. The second kappa shape index (κ2) is 8.69. The van der Waals surface area contributed by atoms with E-state index in [4.69, 9.17) is 4.74 Å². The molecule has 0 saturated heterocycles. The molecule has 4 rings (SSSR count). The zero-order chi connectivity index (χ0) is 24.5. The number of rotatable bonds is 4. The minimum atomic E-state index is -5.05. The van der Waals surface area contributed by atoms with E-state index >= 15 is 0 Å². The molecular formula is C24H14F6N2O2. The van der Waals surface area contributed by atoms with Crippen LogP contribution in [0.1, 0.15) is 21.5 Å². The van der Waals surface area contributed by atoms with Crippen molar-refractivity contribution in [1.82, 2.24) is 4.98 Å². The number of alkyl halides is 6. The van der Waals surface area contributed by atoms with Gasteiger partial charge in [0.05, 0.1) is 16.6 Å². The van der Waals surface area contributed by atoms with E-state index in [2.05, 4.69) is 10.3 Å². The maximum Gasteiger partial charge on any atom is 0.416 e. The molecule has 0 bridgehead atoms. The summed E-state index contributed by atoms with van der Waals surface area (Å²) in [6.45, 7) is 0. The van der Waals surface area contributed by atoms with Crippen LogP contribution in [0, 0.1) is 0 Å². The molecule has 1 heterocycles. The van der Waals surface area contributed by atoms with Crippen molar-refractivity contribution >= 4 is 22.5 Å². The van der Waals surface area contributed by atoms with E-state index < -0.39 is 35.0 Å². The normalized spacial score (nSPS) is 11.9. The number of anilines is 1. The van der Waals surface area contributed by atoms with Gasteiger partial charge in [0.2, 0.25) is 0 Å². The Morgan fingerprint density at radius 2 is 1.41 bits per heavy atom. The zero-order valence-corrected chi connectivity index (χ0v) is 17.0. The fraction of sp³-hybridized carbons (Fsp3) is 0.0833. The lowest BCUT2D eigenvalue weighted by Gasteiger charge is -2.14. The highest BCUT2D eigenvalue weighted by Gasteiger charge is 2.37. The number of fused-ring (bicyclic) bond motifs is 1. The van der Waals surface area contributed by atoms with Gasteiger partial charge in [-0.1, -0.05) is 12.1 Å². The molecule has 0 saturated carbocycles. The number of carbonyl (C=O) groups is 1. The number of aromatic nitrogens is 1. The molecule has 174 valence electrons. The summed E-state index contributed by atoms with van der Waals surface area (Å²) in [4.78, 5) is 16.6. The van der Waals surface area contributed by atoms with E-state index in [1.54, 1.807) is 12.3 Å². The molecule has 10 heteroatoms. The summed E-state index contributed by atoms with van der Waals surface area (Å²) in [7, 11) is 0. The molecule has 0 aliphatic carbocycles. The van der Waals surface area contributed by atoms with Crippen LogP contribution in [0.3, 0.4) is 0 Å². The highest BCUT2D eigenvalue weighted by molar-refractivity contribution is 6.04. The van der Waals surface area contributed by atoms with Gasteiger partial charge in [0.25, 0.3) is 5.91 Å². The van der Waals surface area contributed by atoms with Crippen LogP contribution in [0.5, 0.6) is 11.5 Å². The summed E-state index contributed by atoms with van der Waals surface area (Å²) in [6.07, 6.45) is -8.52. The van der Waals surface area contributed by atoms with Crippen molar-refractivity contribution in [2.24, 2.45) is 0 Å². The van der Waals surface area contributed by atoms with Crippen LogP contribution in [0.2, 0.25) is 0 Å². The predicted molar refractivity (Wildman–Crippen MR) is 113 cm³/mol.